The van der Waals surface area contributed by atoms with E-state index in [4.69, 9.17) is 13.9 Å². The van der Waals surface area contributed by atoms with Crippen LogP contribution in [0.15, 0.2) is 24.3 Å². The highest BCUT2D eigenvalue weighted by Crippen LogP contribution is 2.36. The number of rotatable bonds is 20. The fraction of sp³-hybridized carbons (Fsp3) is 0.767. The number of nitro benzene ring substituents is 1. The van der Waals surface area contributed by atoms with Crippen molar-refractivity contribution in [1.29, 1.82) is 0 Å². The molecule has 0 spiro atoms. The topological polar surface area (TPSA) is 87.9 Å². The van der Waals surface area contributed by atoms with Crippen LogP contribution in [0.5, 0.6) is 5.75 Å². The first-order chi connectivity index (χ1) is 18.0. The van der Waals surface area contributed by atoms with Gasteiger partial charge in [0.05, 0.1) is 4.92 Å². The first-order valence-corrected chi connectivity index (χ1v) is 17.6. The average Bonchev–Trinajstić information content (AvgIpc) is 2.84. The number of carbonyl (C=O) groups excluding carboxylic acids is 1. The summed E-state index contributed by atoms with van der Waals surface area (Å²) in [6.45, 7) is 14.2. The molecule has 0 N–H and O–H groups in total. The Morgan fingerprint density at radius 2 is 1.37 bits per heavy atom. The van der Waals surface area contributed by atoms with Gasteiger partial charge in [0, 0.05) is 18.7 Å². The zero-order valence-corrected chi connectivity index (χ0v) is 25.9. The molecule has 38 heavy (non-hydrogen) atoms. The van der Waals surface area contributed by atoms with Crippen LogP contribution in [-0.2, 0) is 9.16 Å². The molecule has 0 heterocycles. The van der Waals surface area contributed by atoms with Crippen LogP contribution in [0.25, 0.3) is 0 Å². The summed E-state index contributed by atoms with van der Waals surface area (Å²) in [5, 5.41) is 11.0. The molecule has 1 rings (SSSR count). The molecular formula is C30H53NO6Si. The van der Waals surface area contributed by atoms with Crippen LogP contribution in [0.3, 0.4) is 0 Å². The lowest BCUT2D eigenvalue weighted by atomic mass is 10.0. The van der Waals surface area contributed by atoms with E-state index >= 15 is 0 Å². The summed E-state index contributed by atoms with van der Waals surface area (Å²) in [4.78, 5) is 22.8. The van der Waals surface area contributed by atoms with Gasteiger partial charge in [-0.1, -0.05) is 85.5 Å². The van der Waals surface area contributed by atoms with E-state index in [0.29, 0.717) is 0 Å². The molecule has 0 radical (unpaired) electrons. The number of nitrogens with zero attached hydrogens (tertiary/aromatic N) is 1. The highest BCUT2D eigenvalue weighted by molar-refractivity contribution is 6.74. The Hall–Kier alpha value is -1.93. The number of carbonyl (C=O) groups is 1. The minimum Gasteiger partial charge on any atom is -0.431 e. The van der Waals surface area contributed by atoms with Crippen LogP contribution in [0, 0.1) is 10.1 Å². The lowest BCUT2D eigenvalue weighted by Gasteiger charge is -2.36. The zero-order chi connectivity index (χ0) is 28.4. The summed E-state index contributed by atoms with van der Waals surface area (Å²) < 4.78 is 17.3. The van der Waals surface area contributed by atoms with Crippen molar-refractivity contribution in [2.75, 3.05) is 6.61 Å². The van der Waals surface area contributed by atoms with Crippen LogP contribution < -0.4 is 4.74 Å². The van der Waals surface area contributed by atoms with Gasteiger partial charge in [0.2, 0.25) is 0 Å². The van der Waals surface area contributed by atoms with Crippen LogP contribution >= 0.6 is 0 Å². The first-order valence-electron chi connectivity index (χ1n) is 14.7. The maximum atomic E-state index is 12.5. The minimum atomic E-state index is -1.76. The lowest BCUT2D eigenvalue weighted by molar-refractivity contribution is -0.384. The van der Waals surface area contributed by atoms with Crippen molar-refractivity contribution in [3.8, 4) is 5.75 Å². The third kappa shape index (κ3) is 14.9. The number of nitro groups is 1. The maximum Gasteiger partial charge on any atom is 0.514 e. The normalized spacial score (nSPS) is 12.8. The van der Waals surface area contributed by atoms with Crippen molar-refractivity contribution in [2.45, 2.75) is 142 Å². The van der Waals surface area contributed by atoms with E-state index in [2.05, 4.69) is 40.8 Å². The maximum absolute atomic E-state index is 12.5. The summed E-state index contributed by atoms with van der Waals surface area (Å²) >= 11 is 0. The van der Waals surface area contributed by atoms with Gasteiger partial charge in [-0.2, -0.15) is 0 Å². The molecule has 1 aromatic carbocycles. The summed E-state index contributed by atoms with van der Waals surface area (Å²) in [5.74, 6) is 0.237. The fourth-order valence-corrected chi connectivity index (χ4v) is 5.12. The Kier molecular flexibility index (Phi) is 16.5. The molecule has 0 aliphatic rings. The first kappa shape index (κ1) is 34.1. The van der Waals surface area contributed by atoms with Crippen LogP contribution in [0.1, 0.15) is 118 Å². The molecule has 1 aromatic rings. The van der Waals surface area contributed by atoms with Crippen molar-refractivity contribution in [2.24, 2.45) is 0 Å². The number of unbranched alkanes of at least 4 members (excludes halogenated alkanes) is 10. The molecule has 1 atom stereocenters. The molecule has 8 heteroatoms. The van der Waals surface area contributed by atoms with Gasteiger partial charge in [0.15, 0.2) is 8.32 Å². The number of hydrogen-bond acceptors (Lipinski definition) is 6. The molecule has 7 nitrogen and oxygen atoms in total. The van der Waals surface area contributed by atoms with Crippen LogP contribution in [0.2, 0.25) is 18.1 Å². The highest BCUT2D eigenvalue weighted by Gasteiger charge is 2.36. The molecule has 1 unspecified atom stereocenters. The number of ether oxygens (including phenoxy) is 2. The van der Waals surface area contributed by atoms with E-state index in [1.54, 1.807) is 0 Å². The van der Waals surface area contributed by atoms with E-state index in [1.165, 1.54) is 75.6 Å². The molecule has 0 saturated carbocycles. The fourth-order valence-electron chi connectivity index (χ4n) is 4.03. The standard InChI is InChI=1S/C30H53NO6Si/c1-7-8-9-10-11-12-13-14-15-16-19-27(20-17-18-25-35-38(5,6)30(2,3)4)36-29(32)37-28-23-21-26(22-24-28)31(33)34/h21-24,27H,7-20,25H2,1-6H3. The average molecular weight is 552 g/mol. The van der Waals surface area contributed by atoms with Crippen molar-refractivity contribution < 1.29 is 23.6 Å². The van der Waals surface area contributed by atoms with Gasteiger partial charge < -0.3 is 13.9 Å². The Bertz CT molecular complexity index is 791. The van der Waals surface area contributed by atoms with E-state index in [-0.39, 0.29) is 22.6 Å². The Morgan fingerprint density at radius 3 is 1.87 bits per heavy atom. The van der Waals surface area contributed by atoms with Gasteiger partial charge in [0.25, 0.3) is 5.69 Å². The number of non-ortho nitro benzene ring substituents is 1. The molecule has 0 aliphatic heterocycles. The highest BCUT2D eigenvalue weighted by atomic mass is 28.4. The van der Waals surface area contributed by atoms with Gasteiger partial charge in [-0.25, -0.2) is 4.79 Å². The molecule has 0 aromatic heterocycles. The van der Waals surface area contributed by atoms with Crippen molar-refractivity contribution in [3.05, 3.63) is 34.4 Å². The number of hydrogen-bond donors (Lipinski definition) is 0. The predicted molar refractivity (Wildman–Crippen MR) is 157 cm³/mol. The van der Waals surface area contributed by atoms with E-state index in [1.807, 2.05) is 0 Å². The smallest absolute Gasteiger partial charge is 0.431 e. The van der Waals surface area contributed by atoms with E-state index < -0.39 is 19.4 Å². The van der Waals surface area contributed by atoms with Gasteiger partial charge >= 0.3 is 6.16 Å². The Morgan fingerprint density at radius 1 is 0.868 bits per heavy atom. The van der Waals surface area contributed by atoms with Gasteiger partial charge in [-0.3, -0.25) is 10.1 Å². The summed E-state index contributed by atoms with van der Waals surface area (Å²) in [5.41, 5.74) is -0.0514. The van der Waals surface area contributed by atoms with E-state index in [0.717, 1.165) is 45.1 Å². The quantitative estimate of drug-likeness (QED) is 0.0400. The molecule has 0 aliphatic carbocycles. The monoisotopic (exact) mass is 551 g/mol. The second-order valence-electron chi connectivity index (χ2n) is 11.9. The number of benzene rings is 1. The minimum absolute atomic E-state index is 0.0514. The molecule has 0 saturated heterocycles. The molecular weight excluding hydrogens is 498 g/mol. The molecule has 0 amide bonds. The Labute approximate surface area is 232 Å². The van der Waals surface area contributed by atoms with Crippen molar-refractivity contribution in [1.82, 2.24) is 0 Å². The summed E-state index contributed by atoms with van der Waals surface area (Å²) in [6.07, 6.45) is 15.1. The molecule has 0 bridgehead atoms. The van der Waals surface area contributed by atoms with Crippen LogP contribution in [-0.4, -0.2) is 32.1 Å². The largest absolute Gasteiger partial charge is 0.514 e. The zero-order valence-electron chi connectivity index (χ0n) is 24.9. The Balaban J connectivity index is 2.47. The lowest BCUT2D eigenvalue weighted by Crippen LogP contribution is -2.40. The third-order valence-electron chi connectivity index (χ3n) is 7.58. The van der Waals surface area contributed by atoms with Gasteiger partial charge in [-0.05, 0) is 62.4 Å². The van der Waals surface area contributed by atoms with Gasteiger partial charge in [0.1, 0.15) is 11.9 Å². The van der Waals surface area contributed by atoms with E-state index in [9.17, 15) is 14.9 Å². The van der Waals surface area contributed by atoms with Crippen molar-refractivity contribution in [3.63, 3.8) is 0 Å². The second kappa shape index (κ2) is 18.4. The second-order valence-corrected chi connectivity index (χ2v) is 16.7. The third-order valence-corrected chi connectivity index (χ3v) is 12.1. The summed E-state index contributed by atoms with van der Waals surface area (Å²) in [6, 6.07) is 5.45. The van der Waals surface area contributed by atoms with Gasteiger partial charge in [-0.15, -0.1) is 0 Å². The SMILES string of the molecule is CCCCCCCCCCCCC(CCCCO[Si](C)(C)C(C)(C)C)OC(=O)Oc1ccc([N+](=O)[O-])cc1. The molecule has 218 valence electrons. The van der Waals surface area contributed by atoms with Crippen molar-refractivity contribution >= 4 is 20.2 Å². The predicted octanol–water partition coefficient (Wildman–Crippen LogP) is 9.98. The van der Waals surface area contributed by atoms with Crippen LogP contribution in [0.4, 0.5) is 10.5 Å². The molecule has 0 fully saturated rings. The summed E-state index contributed by atoms with van der Waals surface area (Å²) in [7, 11) is -1.76.